The lowest BCUT2D eigenvalue weighted by molar-refractivity contribution is 0.350. The summed E-state index contributed by atoms with van der Waals surface area (Å²) in [6, 6.07) is 42.1. The van der Waals surface area contributed by atoms with Gasteiger partial charge in [0.1, 0.15) is 11.2 Å². The number of phenols is 8. The van der Waals surface area contributed by atoms with Crippen molar-refractivity contribution in [2.45, 2.75) is 0 Å². The zero-order valence-corrected chi connectivity index (χ0v) is 30.7. The molecule has 0 saturated heterocycles. The van der Waals surface area contributed by atoms with Gasteiger partial charge in [-0.15, -0.1) is 0 Å². The number of furan rings is 1. The lowest BCUT2D eigenvalue weighted by Crippen LogP contribution is -1.95. The molecule has 0 unspecified atom stereocenters. The summed E-state index contributed by atoms with van der Waals surface area (Å²) in [7, 11) is 0. The van der Waals surface area contributed by atoms with Crippen molar-refractivity contribution in [1.82, 2.24) is 0 Å². The van der Waals surface area contributed by atoms with Crippen molar-refractivity contribution in [1.29, 1.82) is 0 Å². The van der Waals surface area contributed by atoms with Crippen LogP contribution in [0.1, 0.15) is 0 Å². The van der Waals surface area contributed by atoms with E-state index in [1.54, 1.807) is 30.3 Å². The van der Waals surface area contributed by atoms with Crippen molar-refractivity contribution in [3.63, 3.8) is 0 Å². The van der Waals surface area contributed by atoms with Crippen molar-refractivity contribution >= 4 is 75.8 Å². The van der Waals surface area contributed by atoms with Crippen LogP contribution in [0.4, 0.5) is 0 Å². The molecule has 1 heterocycles. The van der Waals surface area contributed by atoms with E-state index in [2.05, 4.69) is 18.2 Å². The maximum Gasteiger partial charge on any atom is 0.204 e. The first-order valence-electron chi connectivity index (χ1n) is 18.7. The van der Waals surface area contributed by atoms with Gasteiger partial charge in [-0.2, -0.15) is 0 Å². The first kappa shape index (κ1) is 34.0. The van der Waals surface area contributed by atoms with Crippen LogP contribution in [-0.2, 0) is 0 Å². The third-order valence-corrected chi connectivity index (χ3v) is 11.7. The zero-order chi connectivity index (χ0) is 40.4. The fraction of sp³-hybridized carbons (Fsp3) is 0. The van der Waals surface area contributed by atoms with Gasteiger partial charge in [0, 0.05) is 43.4 Å². The Hall–Kier alpha value is -8.30. The summed E-state index contributed by atoms with van der Waals surface area (Å²) in [5, 5.41) is 97.9. The third-order valence-electron chi connectivity index (χ3n) is 11.7. The first-order valence-corrected chi connectivity index (χ1v) is 18.7. The summed E-state index contributed by atoms with van der Waals surface area (Å²) in [6.07, 6.45) is 0. The number of phenolic OH excluding ortho intramolecular Hbond substituents is 8. The quantitative estimate of drug-likeness (QED) is 0.0376. The Bertz CT molecular complexity index is 3560. The van der Waals surface area contributed by atoms with Crippen molar-refractivity contribution in [2.24, 2.45) is 0 Å². The molecule has 0 aliphatic carbocycles. The number of rotatable bonds is 3. The van der Waals surface area contributed by atoms with Crippen molar-refractivity contribution < 1.29 is 45.3 Å². The molecule has 0 bridgehead atoms. The Morgan fingerprint density at radius 2 is 0.729 bits per heavy atom. The number of hydrogen-bond acceptors (Lipinski definition) is 9. The molecule has 284 valence electrons. The Morgan fingerprint density at radius 3 is 1.32 bits per heavy atom. The van der Waals surface area contributed by atoms with Crippen LogP contribution >= 0.6 is 0 Å². The van der Waals surface area contributed by atoms with E-state index in [0.29, 0.717) is 27.7 Å². The molecular formula is C50H30O9. The molecule has 8 N–H and O–H groups in total. The fourth-order valence-electron chi connectivity index (χ4n) is 8.92. The van der Waals surface area contributed by atoms with Gasteiger partial charge in [-0.1, -0.05) is 103 Å². The predicted molar refractivity (Wildman–Crippen MR) is 231 cm³/mol. The number of aromatic hydroxyl groups is 8. The highest BCUT2D eigenvalue weighted by molar-refractivity contribution is 6.29. The van der Waals surface area contributed by atoms with Crippen LogP contribution < -0.4 is 0 Å². The Kier molecular flexibility index (Phi) is 6.97. The summed E-state index contributed by atoms with van der Waals surface area (Å²) in [5.74, 6) is -7.51. The molecule has 10 aromatic carbocycles. The molecule has 0 fully saturated rings. The zero-order valence-electron chi connectivity index (χ0n) is 30.7. The molecule has 11 rings (SSSR count). The summed E-state index contributed by atoms with van der Waals surface area (Å²) >= 11 is 0. The molecule has 1 aromatic heterocycles. The molecule has 9 nitrogen and oxygen atoms in total. The van der Waals surface area contributed by atoms with Crippen LogP contribution in [0.5, 0.6) is 46.0 Å². The smallest absolute Gasteiger partial charge is 0.204 e. The molecule has 0 aliphatic heterocycles. The predicted octanol–water partition coefficient (Wildman–Crippen LogP) is 12.0. The van der Waals surface area contributed by atoms with Gasteiger partial charge >= 0.3 is 0 Å². The van der Waals surface area contributed by atoms with E-state index in [1.165, 1.54) is 0 Å². The van der Waals surface area contributed by atoms with Crippen LogP contribution in [-0.4, -0.2) is 40.9 Å². The molecule has 0 aliphatic rings. The number of hydrogen-bond donors (Lipinski definition) is 8. The van der Waals surface area contributed by atoms with Crippen LogP contribution in [0, 0.1) is 0 Å². The molecule has 11 aromatic rings. The van der Waals surface area contributed by atoms with Crippen molar-refractivity contribution in [3.8, 4) is 79.4 Å². The SMILES string of the molecule is Oc1c(O)c(O)c2c(-c3ccc4oc5cc6ccccc6cc5c4c3)c3c(O)c(O)c(O)c(O)c3c(-c3ccc(-c4cc5ccccc5c5ccccc45)cc3)c2c1O. The highest BCUT2D eigenvalue weighted by Gasteiger charge is 2.32. The van der Waals surface area contributed by atoms with Crippen LogP contribution in [0.3, 0.4) is 0 Å². The molecular weight excluding hydrogens is 745 g/mol. The van der Waals surface area contributed by atoms with Gasteiger partial charge in [-0.05, 0) is 84.9 Å². The standard InChI is InChI=1S/C50H30O9/c51-43-39-37(24-15-13-23(14-16-24)32-20-27-9-3-4-10-29(27)30-11-5-6-12-31(30)32)40-42(46(54)50(58)48(56)44(40)52)38(41(39)45(53)49(57)47(43)55)28-17-18-35-33(21-28)34-19-25-7-1-2-8-26(25)22-36(34)59-35/h1-22,51-58H. The molecule has 0 saturated carbocycles. The largest absolute Gasteiger partial charge is 0.504 e. The lowest BCUT2D eigenvalue weighted by Gasteiger charge is -2.22. The summed E-state index contributed by atoms with van der Waals surface area (Å²) < 4.78 is 6.22. The second-order valence-corrected chi connectivity index (χ2v) is 14.8. The highest BCUT2D eigenvalue weighted by Crippen LogP contribution is 2.62. The molecule has 0 atom stereocenters. The Labute approximate surface area is 333 Å². The Balaban J connectivity index is 1.24. The van der Waals surface area contributed by atoms with E-state index in [4.69, 9.17) is 4.42 Å². The number of fused-ring (bicyclic) bond motifs is 9. The minimum atomic E-state index is -1.03. The Morgan fingerprint density at radius 1 is 0.288 bits per heavy atom. The van der Waals surface area contributed by atoms with Gasteiger partial charge in [0.2, 0.25) is 23.0 Å². The maximum absolute atomic E-state index is 11.8. The lowest BCUT2D eigenvalue weighted by atomic mass is 9.83. The molecule has 0 radical (unpaired) electrons. The monoisotopic (exact) mass is 774 g/mol. The van der Waals surface area contributed by atoms with Gasteiger partial charge in [-0.25, -0.2) is 0 Å². The average Bonchev–Trinajstić information content (AvgIpc) is 3.63. The highest BCUT2D eigenvalue weighted by atomic mass is 16.4. The molecule has 0 spiro atoms. The summed E-state index contributed by atoms with van der Waals surface area (Å²) in [6.45, 7) is 0. The van der Waals surface area contributed by atoms with Gasteiger partial charge in [0.05, 0.1) is 0 Å². The van der Waals surface area contributed by atoms with E-state index in [-0.39, 0.29) is 32.7 Å². The minimum Gasteiger partial charge on any atom is -0.504 e. The van der Waals surface area contributed by atoms with Crippen molar-refractivity contribution in [3.05, 3.63) is 133 Å². The second-order valence-electron chi connectivity index (χ2n) is 14.8. The second kappa shape index (κ2) is 12.1. The van der Waals surface area contributed by atoms with Crippen LogP contribution in [0.25, 0.3) is 109 Å². The third kappa shape index (κ3) is 4.66. The van der Waals surface area contributed by atoms with Gasteiger partial charge in [-0.3, -0.25) is 0 Å². The van der Waals surface area contributed by atoms with Gasteiger partial charge < -0.3 is 45.3 Å². The van der Waals surface area contributed by atoms with E-state index < -0.39 is 46.0 Å². The number of benzene rings is 10. The van der Waals surface area contributed by atoms with E-state index in [0.717, 1.165) is 48.8 Å². The normalized spacial score (nSPS) is 11.9. The van der Waals surface area contributed by atoms with E-state index in [9.17, 15) is 40.9 Å². The van der Waals surface area contributed by atoms with E-state index in [1.807, 2.05) is 84.9 Å². The van der Waals surface area contributed by atoms with Crippen molar-refractivity contribution in [2.75, 3.05) is 0 Å². The topological polar surface area (TPSA) is 175 Å². The van der Waals surface area contributed by atoms with Gasteiger partial charge in [0.15, 0.2) is 23.0 Å². The van der Waals surface area contributed by atoms with Crippen LogP contribution in [0.15, 0.2) is 138 Å². The van der Waals surface area contributed by atoms with Gasteiger partial charge in [0.25, 0.3) is 0 Å². The average molecular weight is 775 g/mol. The summed E-state index contributed by atoms with van der Waals surface area (Å²) in [5.41, 5.74) is 3.45. The molecule has 59 heavy (non-hydrogen) atoms. The molecule has 0 amide bonds. The fourth-order valence-corrected chi connectivity index (χ4v) is 8.92. The molecule has 9 heteroatoms. The minimum absolute atomic E-state index is 0.0267. The summed E-state index contributed by atoms with van der Waals surface area (Å²) in [4.78, 5) is 0. The first-order chi connectivity index (χ1) is 28.6. The maximum atomic E-state index is 11.8. The van der Waals surface area contributed by atoms with Crippen LogP contribution in [0.2, 0.25) is 0 Å². The van der Waals surface area contributed by atoms with E-state index >= 15 is 0 Å².